The molecule has 0 spiro atoms. The maximum Gasteiger partial charge on any atom is 0.339 e. The molecular weight excluding hydrogens is 380 g/mol. The van der Waals surface area contributed by atoms with Gasteiger partial charge in [-0.15, -0.1) is 11.3 Å². The fraction of sp³-hybridized carbons (Fsp3) is 0.600. The topological polar surface area (TPSA) is 87.5 Å². The number of carbonyl (C=O) groups excluding carboxylic acids is 2. The smallest absolute Gasteiger partial charge is 0.339 e. The fourth-order valence-electron chi connectivity index (χ4n) is 3.33. The molecule has 0 N–H and O–H groups in total. The molecule has 1 saturated carbocycles. The Balaban J connectivity index is 1.72. The molecular formula is C20H26N2O5S. The summed E-state index contributed by atoms with van der Waals surface area (Å²) in [5, 5.41) is 1.78. The zero-order valence-electron chi connectivity index (χ0n) is 16.3. The third-order valence-electron chi connectivity index (χ3n) is 5.07. The van der Waals surface area contributed by atoms with E-state index in [1.54, 1.807) is 5.38 Å². The van der Waals surface area contributed by atoms with Gasteiger partial charge >= 0.3 is 11.9 Å². The number of hydrogen-bond acceptors (Lipinski definition) is 7. The number of rotatable bonds is 7. The van der Waals surface area contributed by atoms with E-state index in [0.29, 0.717) is 17.4 Å². The minimum atomic E-state index is -0.532. The molecule has 0 unspecified atom stereocenters. The van der Waals surface area contributed by atoms with Crippen molar-refractivity contribution in [2.24, 2.45) is 5.92 Å². The van der Waals surface area contributed by atoms with Gasteiger partial charge in [0.25, 0.3) is 5.56 Å². The van der Waals surface area contributed by atoms with Crippen LogP contribution in [-0.4, -0.2) is 34.2 Å². The molecule has 8 heteroatoms. The van der Waals surface area contributed by atoms with Crippen molar-refractivity contribution in [2.45, 2.75) is 65.0 Å². The third-order valence-corrected chi connectivity index (χ3v) is 5.96. The lowest BCUT2D eigenvalue weighted by atomic mass is 9.89. The molecule has 2 aromatic heterocycles. The highest BCUT2D eigenvalue weighted by molar-refractivity contribution is 7.17. The molecule has 2 aromatic rings. The van der Waals surface area contributed by atoms with Crippen LogP contribution in [0.3, 0.4) is 0 Å². The highest BCUT2D eigenvalue weighted by Crippen LogP contribution is 2.26. The molecule has 3 rings (SSSR count). The Morgan fingerprint density at radius 2 is 2.04 bits per heavy atom. The molecule has 0 atom stereocenters. The molecule has 152 valence electrons. The molecule has 0 radical (unpaired) electrons. The number of thiophene rings is 1. The summed E-state index contributed by atoms with van der Waals surface area (Å²) in [5.74, 6) is -0.321. The lowest BCUT2D eigenvalue weighted by Gasteiger charge is -2.26. The Kier molecular flexibility index (Phi) is 6.83. The van der Waals surface area contributed by atoms with Crippen LogP contribution in [0.1, 0.15) is 62.7 Å². The van der Waals surface area contributed by atoms with E-state index < -0.39 is 17.5 Å². The summed E-state index contributed by atoms with van der Waals surface area (Å²) in [6.07, 6.45) is 6.73. The van der Waals surface area contributed by atoms with Crippen LogP contribution in [0, 0.1) is 5.92 Å². The first-order valence-corrected chi connectivity index (χ1v) is 10.7. The number of esters is 2. The van der Waals surface area contributed by atoms with Gasteiger partial charge in [-0.05, 0) is 38.0 Å². The average Bonchev–Trinajstić information content (AvgIpc) is 3.11. The van der Waals surface area contributed by atoms with Crippen molar-refractivity contribution in [3.8, 4) is 0 Å². The van der Waals surface area contributed by atoms with Crippen molar-refractivity contribution in [1.82, 2.24) is 9.55 Å². The van der Waals surface area contributed by atoms with Crippen LogP contribution in [0.25, 0.3) is 10.2 Å². The van der Waals surface area contributed by atoms with E-state index in [1.165, 1.54) is 22.2 Å². The van der Waals surface area contributed by atoms with E-state index in [4.69, 9.17) is 9.47 Å². The number of carbonyl (C=O) groups is 2. The molecule has 7 nitrogen and oxygen atoms in total. The van der Waals surface area contributed by atoms with Gasteiger partial charge in [-0.2, -0.15) is 0 Å². The lowest BCUT2D eigenvalue weighted by molar-refractivity contribution is -0.151. The summed E-state index contributed by atoms with van der Waals surface area (Å²) < 4.78 is 11.9. The predicted molar refractivity (Wildman–Crippen MR) is 107 cm³/mol. The van der Waals surface area contributed by atoms with Gasteiger partial charge in [0.1, 0.15) is 17.5 Å². The lowest BCUT2D eigenvalue weighted by Crippen LogP contribution is -2.30. The Labute approximate surface area is 167 Å². The molecule has 1 aliphatic rings. The molecule has 0 amide bonds. The second kappa shape index (κ2) is 9.32. The first-order chi connectivity index (χ1) is 13.5. The summed E-state index contributed by atoms with van der Waals surface area (Å²) in [6, 6.07) is 0. The monoisotopic (exact) mass is 406 g/mol. The van der Waals surface area contributed by atoms with E-state index in [2.05, 4.69) is 11.9 Å². The second-order valence-electron chi connectivity index (χ2n) is 7.37. The third kappa shape index (κ3) is 4.79. The molecule has 1 aliphatic carbocycles. The van der Waals surface area contributed by atoms with E-state index in [9.17, 15) is 14.4 Å². The first kappa shape index (κ1) is 20.5. The van der Waals surface area contributed by atoms with Crippen LogP contribution in [-0.2, 0) is 20.8 Å². The number of hydrogen-bond donors (Lipinski definition) is 0. The van der Waals surface area contributed by atoms with Crippen LogP contribution in [0.2, 0.25) is 0 Å². The normalized spacial score (nSPS) is 19.5. The van der Waals surface area contributed by atoms with Crippen molar-refractivity contribution < 1.29 is 19.1 Å². The summed E-state index contributed by atoms with van der Waals surface area (Å²) in [7, 11) is 0. The maximum absolute atomic E-state index is 12.8. The van der Waals surface area contributed by atoms with Crippen molar-refractivity contribution in [3.63, 3.8) is 0 Å². The SMILES string of the molecule is CCCCOC(=O)c1csc2ncn(CC(=O)OC3CCC(C)CC3)c(=O)c12. The first-order valence-electron chi connectivity index (χ1n) is 9.82. The van der Waals surface area contributed by atoms with Gasteiger partial charge in [0.05, 0.1) is 23.9 Å². The fourth-order valence-corrected chi connectivity index (χ4v) is 4.19. The quantitative estimate of drug-likeness (QED) is 0.516. The van der Waals surface area contributed by atoms with Crippen LogP contribution < -0.4 is 5.56 Å². The van der Waals surface area contributed by atoms with Gasteiger partial charge in [0.15, 0.2) is 0 Å². The largest absolute Gasteiger partial charge is 0.462 e. The highest BCUT2D eigenvalue weighted by atomic mass is 32.1. The number of unbranched alkanes of at least 4 members (excludes halogenated alkanes) is 1. The van der Waals surface area contributed by atoms with Crippen LogP contribution in [0.15, 0.2) is 16.5 Å². The molecule has 28 heavy (non-hydrogen) atoms. The van der Waals surface area contributed by atoms with Crippen LogP contribution in [0.5, 0.6) is 0 Å². The molecule has 0 bridgehead atoms. The Hall–Kier alpha value is -2.22. The molecule has 0 aromatic carbocycles. The molecule has 1 fully saturated rings. The van der Waals surface area contributed by atoms with Gasteiger partial charge in [-0.3, -0.25) is 14.2 Å². The minimum absolute atomic E-state index is 0.0821. The summed E-state index contributed by atoms with van der Waals surface area (Å²) in [6.45, 7) is 4.30. The summed E-state index contributed by atoms with van der Waals surface area (Å²) >= 11 is 1.21. The summed E-state index contributed by atoms with van der Waals surface area (Å²) in [4.78, 5) is 42.1. The van der Waals surface area contributed by atoms with Gasteiger partial charge in [-0.25, -0.2) is 9.78 Å². The second-order valence-corrected chi connectivity index (χ2v) is 8.23. The molecule has 2 heterocycles. The molecule has 0 saturated heterocycles. The van der Waals surface area contributed by atoms with E-state index in [0.717, 1.165) is 38.5 Å². The van der Waals surface area contributed by atoms with Crippen molar-refractivity contribution in [1.29, 1.82) is 0 Å². The number of fused-ring (bicyclic) bond motifs is 1. The van der Waals surface area contributed by atoms with Crippen molar-refractivity contribution in [2.75, 3.05) is 6.61 Å². The zero-order chi connectivity index (χ0) is 20.1. The summed E-state index contributed by atoms with van der Waals surface area (Å²) in [5.41, 5.74) is -0.222. The number of nitrogens with zero attached hydrogens (tertiary/aromatic N) is 2. The molecule has 0 aliphatic heterocycles. The van der Waals surface area contributed by atoms with Gasteiger partial charge in [0, 0.05) is 5.38 Å². The van der Waals surface area contributed by atoms with Crippen molar-refractivity contribution in [3.05, 3.63) is 27.6 Å². The zero-order valence-corrected chi connectivity index (χ0v) is 17.1. The van der Waals surface area contributed by atoms with Gasteiger partial charge in [0.2, 0.25) is 0 Å². The minimum Gasteiger partial charge on any atom is -0.462 e. The van der Waals surface area contributed by atoms with E-state index in [1.807, 2.05) is 6.92 Å². The van der Waals surface area contributed by atoms with Gasteiger partial charge < -0.3 is 9.47 Å². The maximum atomic E-state index is 12.8. The Morgan fingerprint density at radius 1 is 1.29 bits per heavy atom. The van der Waals surface area contributed by atoms with Gasteiger partial charge in [-0.1, -0.05) is 20.3 Å². The van der Waals surface area contributed by atoms with Crippen LogP contribution in [0.4, 0.5) is 0 Å². The standard InChI is InChI=1S/C20H26N2O5S/c1-3-4-9-26-20(25)15-11-28-18-17(15)19(24)22(12-21-18)10-16(23)27-14-7-5-13(2)6-8-14/h11-14H,3-10H2,1-2H3. The van der Waals surface area contributed by atoms with Crippen LogP contribution >= 0.6 is 11.3 Å². The van der Waals surface area contributed by atoms with E-state index in [-0.39, 0.29) is 23.6 Å². The average molecular weight is 407 g/mol. The number of ether oxygens (including phenoxy) is 2. The number of aromatic nitrogens is 2. The van der Waals surface area contributed by atoms with Crippen molar-refractivity contribution >= 4 is 33.5 Å². The predicted octanol–water partition coefficient (Wildman–Crippen LogP) is 3.54. The Morgan fingerprint density at radius 3 is 2.75 bits per heavy atom. The Bertz CT molecular complexity index is 896. The van der Waals surface area contributed by atoms with E-state index >= 15 is 0 Å². The highest BCUT2D eigenvalue weighted by Gasteiger charge is 2.23.